The van der Waals surface area contributed by atoms with Gasteiger partial charge in [-0.1, -0.05) is 293 Å². The van der Waals surface area contributed by atoms with Gasteiger partial charge in [-0.2, -0.15) is 0 Å². The Balaban J connectivity index is 4.29. The standard InChI is InChI=1S/C72H128O6/c1-4-7-10-13-16-19-22-25-28-30-32-33-34-35-36-37-38-39-40-42-44-47-50-53-56-59-62-65-71(74)77-68-69(67-76-70(73)64-61-58-55-52-49-46-43-27-24-21-18-15-12-9-6-3)78-72(75)66-63-60-57-54-51-48-45-41-31-29-26-23-20-17-14-11-8-5-2/h9,12,18,21,27,29-32,43,49,52,69H,4-8,10-11,13-17,19-20,22-26,28,33-42,44-48,50-51,53-68H2,1-3H3/b12-9-,21-18-,31-29-,32-30-,43-27-,52-49-. The van der Waals surface area contributed by atoms with E-state index in [1.807, 2.05) is 0 Å². The van der Waals surface area contributed by atoms with Crippen molar-refractivity contribution >= 4 is 17.9 Å². The third-order valence-electron chi connectivity index (χ3n) is 14.9. The van der Waals surface area contributed by atoms with E-state index in [-0.39, 0.29) is 31.1 Å². The molecule has 1 atom stereocenters. The molecule has 0 bridgehead atoms. The molecule has 78 heavy (non-hydrogen) atoms. The number of esters is 3. The maximum Gasteiger partial charge on any atom is 0.306 e. The fourth-order valence-electron chi connectivity index (χ4n) is 9.84. The molecule has 0 radical (unpaired) electrons. The van der Waals surface area contributed by atoms with E-state index >= 15 is 0 Å². The summed E-state index contributed by atoms with van der Waals surface area (Å²) in [5.41, 5.74) is 0. The first-order valence-corrected chi connectivity index (χ1v) is 33.9. The minimum atomic E-state index is -0.795. The van der Waals surface area contributed by atoms with E-state index < -0.39 is 6.10 Å². The van der Waals surface area contributed by atoms with Crippen LogP contribution < -0.4 is 0 Å². The third kappa shape index (κ3) is 63.7. The lowest BCUT2D eigenvalue weighted by Crippen LogP contribution is -2.30. The molecular weight excluding hydrogens is 961 g/mol. The van der Waals surface area contributed by atoms with Gasteiger partial charge >= 0.3 is 17.9 Å². The van der Waals surface area contributed by atoms with Crippen LogP contribution in [0.5, 0.6) is 0 Å². The van der Waals surface area contributed by atoms with Crippen LogP contribution in [0.3, 0.4) is 0 Å². The van der Waals surface area contributed by atoms with E-state index in [2.05, 4.69) is 93.7 Å². The highest BCUT2D eigenvalue weighted by atomic mass is 16.6. The monoisotopic (exact) mass is 1090 g/mol. The molecule has 452 valence electrons. The second-order valence-corrected chi connectivity index (χ2v) is 22.7. The number of carbonyl (C=O) groups is 3. The molecule has 0 rings (SSSR count). The molecule has 0 fully saturated rings. The zero-order valence-electron chi connectivity index (χ0n) is 51.9. The van der Waals surface area contributed by atoms with E-state index in [1.165, 1.54) is 225 Å². The summed E-state index contributed by atoms with van der Waals surface area (Å²) in [5, 5.41) is 0. The Bertz CT molecular complexity index is 1440. The average molecular weight is 1090 g/mol. The van der Waals surface area contributed by atoms with Crippen molar-refractivity contribution in [1.82, 2.24) is 0 Å². The Kier molecular flexibility index (Phi) is 63.7. The van der Waals surface area contributed by atoms with Crippen molar-refractivity contribution in [3.05, 3.63) is 72.9 Å². The summed E-state index contributed by atoms with van der Waals surface area (Å²) in [6.07, 6.45) is 86.5. The van der Waals surface area contributed by atoms with Gasteiger partial charge in [-0.15, -0.1) is 0 Å². The van der Waals surface area contributed by atoms with E-state index in [1.54, 1.807) is 0 Å². The first-order chi connectivity index (χ1) is 38.5. The van der Waals surface area contributed by atoms with Gasteiger partial charge in [0.1, 0.15) is 13.2 Å². The zero-order valence-corrected chi connectivity index (χ0v) is 51.9. The number of hydrogen-bond acceptors (Lipinski definition) is 6. The SMILES string of the molecule is CC/C=C\C/C=C\C/C=C\C/C=C\CCCCC(=O)OCC(COC(=O)CCCCCCCCCCCCCCCCC/C=C\CCCCCCCCCC)OC(=O)CCCCCCCCC/C=C\CCCCCCCCC. The van der Waals surface area contributed by atoms with Gasteiger partial charge in [-0.25, -0.2) is 0 Å². The fraction of sp³-hybridized carbons (Fsp3) is 0.792. The Morgan fingerprint density at radius 2 is 0.500 bits per heavy atom. The first-order valence-electron chi connectivity index (χ1n) is 33.9. The molecule has 1 unspecified atom stereocenters. The Hall–Kier alpha value is -3.15. The molecule has 0 saturated carbocycles. The molecule has 0 aliphatic carbocycles. The van der Waals surface area contributed by atoms with Crippen LogP contribution in [0.25, 0.3) is 0 Å². The maximum atomic E-state index is 12.9. The molecule has 6 heteroatoms. The number of ether oxygens (including phenoxy) is 3. The molecule has 0 N–H and O–H groups in total. The van der Waals surface area contributed by atoms with Gasteiger partial charge in [0.2, 0.25) is 0 Å². The van der Waals surface area contributed by atoms with Crippen LogP contribution in [0.15, 0.2) is 72.9 Å². The summed E-state index contributed by atoms with van der Waals surface area (Å²) < 4.78 is 16.9. The van der Waals surface area contributed by atoms with E-state index in [4.69, 9.17) is 14.2 Å². The highest BCUT2D eigenvalue weighted by Gasteiger charge is 2.19. The number of unbranched alkanes of at least 4 members (excludes halogenated alkanes) is 39. The van der Waals surface area contributed by atoms with Crippen LogP contribution in [0.2, 0.25) is 0 Å². The van der Waals surface area contributed by atoms with Crippen molar-refractivity contribution in [1.29, 1.82) is 0 Å². The Morgan fingerprint density at radius 1 is 0.269 bits per heavy atom. The van der Waals surface area contributed by atoms with Gasteiger partial charge in [0.15, 0.2) is 6.10 Å². The normalized spacial score (nSPS) is 12.5. The summed E-state index contributed by atoms with van der Waals surface area (Å²) in [7, 11) is 0. The molecular formula is C72H128O6. The lowest BCUT2D eigenvalue weighted by molar-refractivity contribution is -0.167. The highest BCUT2D eigenvalue weighted by molar-refractivity contribution is 5.71. The number of carbonyl (C=O) groups excluding carboxylic acids is 3. The number of rotatable bonds is 62. The lowest BCUT2D eigenvalue weighted by atomic mass is 10.0. The molecule has 0 aliphatic rings. The van der Waals surface area contributed by atoms with Crippen LogP contribution >= 0.6 is 0 Å². The quantitative estimate of drug-likeness (QED) is 0.0261. The topological polar surface area (TPSA) is 78.9 Å². The molecule has 0 amide bonds. The minimum Gasteiger partial charge on any atom is -0.462 e. The first kappa shape index (κ1) is 74.8. The molecule has 0 aromatic carbocycles. The van der Waals surface area contributed by atoms with E-state index in [0.717, 1.165) is 83.5 Å². The predicted molar refractivity (Wildman–Crippen MR) is 339 cm³/mol. The van der Waals surface area contributed by atoms with Gasteiger partial charge in [0.25, 0.3) is 0 Å². The summed E-state index contributed by atoms with van der Waals surface area (Å²) in [5.74, 6) is -0.919. The molecule has 0 saturated heterocycles. The molecule has 0 aromatic rings. The van der Waals surface area contributed by atoms with Gasteiger partial charge in [-0.05, 0) is 109 Å². The van der Waals surface area contributed by atoms with E-state index in [9.17, 15) is 14.4 Å². The summed E-state index contributed by atoms with van der Waals surface area (Å²) in [4.78, 5) is 38.3. The van der Waals surface area contributed by atoms with Gasteiger partial charge in [-0.3, -0.25) is 14.4 Å². The summed E-state index contributed by atoms with van der Waals surface area (Å²) in [6, 6.07) is 0. The Morgan fingerprint density at radius 3 is 0.821 bits per heavy atom. The lowest BCUT2D eigenvalue weighted by Gasteiger charge is -2.18. The predicted octanol–water partition coefficient (Wildman–Crippen LogP) is 23.3. The maximum absolute atomic E-state index is 12.9. The van der Waals surface area contributed by atoms with Crippen LogP contribution in [-0.4, -0.2) is 37.2 Å². The van der Waals surface area contributed by atoms with Gasteiger partial charge in [0.05, 0.1) is 0 Å². The van der Waals surface area contributed by atoms with Gasteiger partial charge < -0.3 is 14.2 Å². The summed E-state index contributed by atoms with van der Waals surface area (Å²) in [6.45, 7) is 6.53. The van der Waals surface area contributed by atoms with Crippen LogP contribution in [0.1, 0.15) is 348 Å². The summed E-state index contributed by atoms with van der Waals surface area (Å²) >= 11 is 0. The third-order valence-corrected chi connectivity index (χ3v) is 14.9. The van der Waals surface area contributed by atoms with Crippen molar-refractivity contribution in [3.63, 3.8) is 0 Å². The van der Waals surface area contributed by atoms with Crippen LogP contribution in [-0.2, 0) is 28.6 Å². The number of hydrogen-bond donors (Lipinski definition) is 0. The molecule has 6 nitrogen and oxygen atoms in total. The largest absolute Gasteiger partial charge is 0.462 e. The van der Waals surface area contributed by atoms with Crippen molar-refractivity contribution < 1.29 is 28.6 Å². The average Bonchev–Trinajstić information content (AvgIpc) is 3.44. The molecule has 0 aliphatic heterocycles. The van der Waals surface area contributed by atoms with Gasteiger partial charge in [0, 0.05) is 19.3 Å². The minimum absolute atomic E-state index is 0.0880. The second-order valence-electron chi connectivity index (χ2n) is 22.7. The smallest absolute Gasteiger partial charge is 0.306 e. The van der Waals surface area contributed by atoms with Crippen molar-refractivity contribution in [2.24, 2.45) is 0 Å². The molecule has 0 spiro atoms. The highest BCUT2D eigenvalue weighted by Crippen LogP contribution is 2.17. The number of allylic oxidation sites excluding steroid dienone is 12. The van der Waals surface area contributed by atoms with E-state index in [0.29, 0.717) is 19.3 Å². The van der Waals surface area contributed by atoms with Crippen molar-refractivity contribution in [2.75, 3.05) is 13.2 Å². The molecule has 0 heterocycles. The van der Waals surface area contributed by atoms with Crippen molar-refractivity contribution in [3.8, 4) is 0 Å². The zero-order chi connectivity index (χ0) is 56.4. The fourth-order valence-corrected chi connectivity index (χ4v) is 9.84. The second kappa shape index (κ2) is 66.4. The molecule has 0 aromatic heterocycles. The Labute approximate surface area is 484 Å². The van der Waals surface area contributed by atoms with Crippen LogP contribution in [0.4, 0.5) is 0 Å². The van der Waals surface area contributed by atoms with Crippen LogP contribution in [0, 0.1) is 0 Å². The van der Waals surface area contributed by atoms with Crippen molar-refractivity contribution in [2.45, 2.75) is 354 Å².